The van der Waals surface area contributed by atoms with Gasteiger partial charge in [0, 0.05) is 11.5 Å². The van der Waals surface area contributed by atoms with Gasteiger partial charge < -0.3 is 25.0 Å². The summed E-state index contributed by atoms with van der Waals surface area (Å²) in [7, 11) is 3.16. The van der Waals surface area contributed by atoms with Gasteiger partial charge in [0.15, 0.2) is 5.82 Å². The SMILES string of the molecule is COc1cccc(OC)c1Nc1nc(-c2ccc(O)cc2O)nc2ccccc12. The minimum atomic E-state index is -0.110. The van der Waals surface area contributed by atoms with Gasteiger partial charge in [0.05, 0.1) is 25.3 Å². The highest BCUT2D eigenvalue weighted by atomic mass is 16.5. The molecule has 4 aromatic rings. The van der Waals surface area contributed by atoms with Gasteiger partial charge in [0.1, 0.15) is 34.5 Å². The molecule has 146 valence electrons. The maximum absolute atomic E-state index is 10.3. The van der Waals surface area contributed by atoms with Gasteiger partial charge >= 0.3 is 0 Å². The Hall–Kier alpha value is -4.00. The van der Waals surface area contributed by atoms with E-state index >= 15 is 0 Å². The van der Waals surface area contributed by atoms with Crippen molar-refractivity contribution in [1.29, 1.82) is 0 Å². The van der Waals surface area contributed by atoms with E-state index in [1.54, 1.807) is 20.3 Å². The van der Waals surface area contributed by atoms with Crippen molar-refractivity contribution in [2.24, 2.45) is 0 Å². The summed E-state index contributed by atoms with van der Waals surface area (Å²) in [5, 5.41) is 23.9. The molecule has 0 saturated heterocycles. The smallest absolute Gasteiger partial charge is 0.165 e. The molecule has 7 heteroatoms. The summed E-state index contributed by atoms with van der Waals surface area (Å²) in [6.07, 6.45) is 0. The third kappa shape index (κ3) is 3.45. The Morgan fingerprint density at radius 2 is 1.55 bits per heavy atom. The Balaban J connectivity index is 1.91. The fraction of sp³-hybridized carbons (Fsp3) is 0.0909. The van der Waals surface area contributed by atoms with E-state index in [0.717, 1.165) is 5.39 Å². The molecule has 1 heterocycles. The Bertz CT molecular complexity index is 1170. The maximum Gasteiger partial charge on any atom is 0.165 e. The number of methoxy groups -OCH3 is 2. The van der Waals surface area contributed by atoms with Crippen molar-refractivity contribution in [2.45, 2.75) is 0 Å². The molecule has 0 aliphatic carbocycles. The van der Waals surface area contributed by atoms with Gasteiger partial charge in [-0.3, -0.25) is 0 Å². The second-order valence-electron chi connectivity index (χ2n) is 6.28. The molecule has 29 heavy (non-hydrogen) atoms. The lowest BCUT2D eigenvalue weighted by Crippen LogP contribution is -2.02. The fourth-order valence-electron chi connectivity index (χ4n) is 3.09. The van der Waals surface area contributed by atoms with Crippen molar-refractivity contribution in [3.63, 3.8) is 0 Å². The predicted molar refractivity (Wildman–Crippen MR) is 111 cm³/mol. The first-order valence-corrected chi connectivity index (χ1v) is 8.88. The molecule has 0 aliphatic rings. The first kappa shape index (κ1) is 18.4. The first-order chi connectivity index (χ1) is 14.1. The molecule has 0 amide bonds. The highest BCUT2D eigenvalue weighted by Crippen LogP contribution is 2.39. The van der Waals surface area contributed by atoms with Gasteiger partial charge in [-0.2, -0.15) is 0 Å². The van der Waals surface area contributed by atoms with Gasteiger partial charge in [-0.1, -0.05) is 18.2 Å². The molecular formula is C22H19N3O4. The summed E-state index contributed by atoms with van der Waals surface area (Å²) in [5.74, 6) is 1.89. The normalized spacial score (nSPS) is 10.7. The molecule has 7 nitrogen and oxygen atoms in total. The highest BCUT2D eigenvalue weighted by Gasteiger charge is 2.16. The Labute approximate surface area is 167 Å². The summed E-state index contributed by atoms with van der Waals surface area (Å²) in [6, 6.07) is 17.3. The Morgan fingerprint density at radius 3 is 2.24 bits per heavy atom. The van der Waals surface area contributed by atoms with E-state index in [0.29, 0.717) is 39.9 Å². The number of hydrogen-bond acceptors (Lipinski definition) is 7. The monoisotopic (exact) mass is 389 g/mol. The largest absolute Gasteiger partial charge is 0.508 e. The third-order valence-electron chi connectivity index (χ3n) is 4.50. The molecular weight excluding hydrogens is 370 g/mol. The molecule has 3 aromatic carbocycles. The van der Waals surface area contributed by atoms with Crippen LogP contribution in [0.1, 0.15) is 0 Å². The summed E-state index contributed by atoms with van der Waals surface area (Å²) < 4.78 is 10.9. The van der Waals surface area contributed by atoms with Crippen molar-refractivity contribution < 1.29 is 19.7 Å². The number of nitrogens with one attached hydrogen (secondary N) is 1. The van der Waals surface area contributed by atoms with Crippen LogP contribution >= 0.6 is 0 Å². The zero-order chi connectivity index (χ0) is 20.4. The van der Waals surface area contributed by atoms with Crippen LogP contribution < -0.4 is 14.8 Å². The lowest BCUT2D eigenvalue weighted by Gasteiger charge is -2.16. The topological polar surface area (TPSA) is 96.7 Å². The van der Waals surface area contributed by atoms with Crippen molar-refractivity contribution in [2.75, 3.05) is 19.5 Å². The number of rotatable bonds is 5. The van der Waals surface area contributed by atoms with Crippen LogP contribution in [-0.4, -0.2) is 34.4 Å². The number of anilines is 2. The molecule has 0 unspecified atom stereocenters. The predicted octanol–water partition coefficient (Wildman–Crippen LogP) is 4.47. The molecule has 1 aromatic heterocycles. The minimum Gasteiger partial charge on any atom is -0.508 e. The van der Waals surface area contributed by atoms with Crippen molar-refractivity contribution in [1.82, 2.24) is 9.97 Å². The second-order valence-corrected chi connectivity index (χ2v) is 6.28. The van der Waals surface area contributed by atoms with Crippen LogP contribution in [0.25, 0.3) is 22.3 Å². The van der Waals surface area contributed by atoms with E-state index < -0.39 is 0 Å². The number of nitrogens with zero attached hydrogens (tertiary/aromatic N) is 2. The number of para-hydroxylation sites is 2. The van der Waals surface area contributed by atoms with Crippen LogP contribution in [0, 0.1) is 0 Å². The van der Waals surface area contributed by atoms with E-state index in [9.17, 15) is 10.2 Å². The number of fused-ring (bicyclic) bond motifs is 1. The van der Waals surface area contributed by atoms with Crippen LogP contribution in [-0.2, 0) is 0 Å². The summed E-state index contributed by atoms with van der Waals surface area (Å²) >= 11 is 0. The van der Waals surface area contributed by atoms with E-state index in [1.807, 2.05) is 42.5 Å². The van der Waals surface area contributed by atoms with Crippen molar-refractivity contribution >= 4 is 22.4 Å². The van der Waals surface area contributed by atoms with Crippen LogP contribution in [0.15, 0.2) is 60.7 Å². The van der Waals surface area contributed by atoms with Crippen LogP contribution in [0.3, 0.4) is 0 Å². The number of aromatic nitrogens is 2. The number of benzene rings is 3. The van der Waals surface area contributed by atoms with E-state index in [4.69, 9.17) is 9.47 Å². The molecule has 0 fully saturated rings. The average molecular weight is 389 g/mol. The molecule has 0 spiro atoms. The minimum absolute atomic E-state index is 0.0378. The average Bonchev–Trinajstić information content (AvgIpc) is 2.73. The van der Waals surface area contributed by atoms with Gasteiger partial charge in [-0.15, -0.1) is 0 Å². The fourth-order valence-corrected chi connectivity index (χ4v) is 3.09. The van der Waals surface area contributed by atoms with Gasteiger partial charge in [0.2, 0.25) is 0 Å². The van der Waals surface area contributed by atoms with Gasteiger partial charge in [0.25, 0.3) is 0 Å². The van der Waals surface area contributed by atoms with E-state index in [-0.39, 0.29) is 11.5 Å². The molecule has 3 N–H and O–H groups in total. The van der Waals surface area contributed by atoms with Crippen LogP contribution in [0.2, 0.25) is 0 Å². The highest BCUT2D eigenvalue weighted by molar-refractivity contribution is 5.93. The molecule has 4 rings (SSSR count). The molecule has 0 aliphatic heterocycles. The zero-order valence-electron chi connectivity index (χ0n) is 15.9. The summed E-state index contributed by atoms with van der Waals surface area (Å²) in [4.78, 5) is 9.20. The quantitative estimate of drug-likeness (QED) is 0.463. The number of hydrogen-bond donors (Lipinski definition) is 3. The van der Waals surface area contributed by atoms with Gasteiger partial charge in [-0.05, 0) is 36.4 Å². The van der Waals surface area contributed by atoms with Crippen LogP contribution in [0.5, 0.6) is 23.0 Å². The summed E-state index contributed by atoms with van der Waals surface area (Å²) in [6.45, 7) is 0. The second kappa shape index (κ2) is 7.55. The third-order valence-corrected chi connectivity index (χ3v) is 4.50. The molecule has 0 saturated carbocycles. The molecule has 0 bridgehead atoms. The van der Waals surface area contributed by atoms with Crippen LogP contribution in [0.4, 0.5) is 11.5 Å². The van der Waals surface area contributed by atoms with Crippen molar-refractivity contribution in [3.05, 3.63) is 60.7 Å². The number of phenols is 2. The zero-order valence-corrected chi connectivity index (χ0v) is 15.9. The van der Waals surface area contributed by atoms with E-state index in [2.05, 4.69) is 15.3 Å². The lowest BCUT2D eigenvalue weighted by atomic mass is 10.1. The summed E-state index contributed by atoms with van der Waals surface area (Å²) in [5.41, 5.74) is 1.73. The Morgan fingerprint density at radius 1 is 0.828 bits per heavy atom. The van der Waals surface area contributed by atoms with E-state index in [1.165, 1.54) is 12.1 Å². The number of aromatic hydroxyl groups is 2. The number of phenolic OH excluding ortho intramolecular Hbond substituents is 2. The molecule has 0 radical (unpaired) electrons. The molecule has 0 atom stereocenters. The maximum atomic E-state index is 10.3. The number of ether oxygens (including phenoxy) is 2. The first-order valence-electron chi connectivity index (χ1n) is 8.88. The lowest BCUT2D eigenvalue weighted by molar-refractivity contribution is 0.398. The Kier molecular flexibility index (Phi) is 4.78. The van der Waals surface area contributed by atoms with Gasteiger partial charge in [-0.25, -0.2) is 9.97 Å². The standard InChI is InChI=1S/C22H19N3O4/c1-28-18-8-5-9-19(29-2)20(18)24-21-14-6-3-4-7-16(14)23-22(25-21)15-11-10-13(26)12-17(15)27/h3-12,26-27H,1-2H3,(H,23,24,25). The van der Waals surface area contributed by atoms with Crippen molar-refractivity contribution in [3.8, 4) is 34.4 Å².